The Hall–Kier alpha value is -2.28. The van der Waals surface area contributed by atoms with Crippen LogP contribution in [0.15, 0.2) is 48.0 Å². The monoisotopic (exact) mass is 476 g/mol. The van der Waals surface area contributed by atoms with Crippen LogP contribution < -0.4 is 9.47 Å². The molecule has 3 rings (SSSR count). The number of esters is 1. The fraction of sp³-hybridized carbons (Fsp3) is 0.227. The summed E-state index contributed by atoms with van der Waals surface area (Å²) in [6.45, 7) is 6.99. The summed E-state index contributed by atoms with van der Waals surface area (Å²) in [6, 6.07) is 11.7. The van der Waals surface area contributed by atoms with Crippen LogP contribution in [0.25, 0.3) is 11.8 Å². The van der Waals surface area contributed by atoms with Gasteiger partial charge in [0.25, 0.3) is 0 Å². The Kier molecular flexibility index (Phi) is 6.21. The second-order valence-electron chi connectivity index (χ2n) is 6.06. The van der Waals surface area contributed by atoms with E-state index in [1.165, 1.54) is 0 Å². The number of ether oxygens (including phenoxy) is 3. The Morgan fingerprint density at radius 2 is 1.78 bits per heavy atom. The molecule has 0 unspecified atom stereocenters. The maximum absolute atomic E-state index is 12.3. The molecule has 0 N–H and O–H groups in total. The van der Waals surface area contributed by atoms with Crippen molar-refractivity contribution in [2.75, 3.05) is 13.2 Å². The van der Waals surface area contributed by atoms with E-state index in [0.717, 1.165) is 26.0 Å². The molecule has 1 heterocycles. The van der Waals surface area contributed by atoms with Crippen molar-refractivity contribution >= 4 is 40.4 Å². The van der Waals surface area contributed by atoms with Crippen LogP contribution in [-0.4, -0.2) is 19.2 Å². The van der Waals surface area contributed by atoms with E-state index >= 15 is 0 Å². The van der Waals surface area contributed by atoms with E-state index in [1.807, 2.05) is 63.2 Å². The molecule has 0 atom stereocenters. The van der Waals surface area contributed by atoms with Crippen LogP contribution in [0.5, 0.6) is 11.5 Å². The molecule has 5 heteroatoms. The molecule has 0 aromatic heterocycles. The number of halogens is 1. The molecule has 2 aromatic rings. The highest BCUT2D eigenvalue weighted by Gasteiger charge is 2.22. The van der Waals surface area contributed by atoms with Gasteiger partial charge in [0.1, 0.15) is 5.76 Å². The second-order valence-corrected chi connectivity index (χ2v) is 7.22. The maximum Gasteiger partial charge on any atom is 0.343 e. The molecule has 0 bridgehead atoms. The molecule has 1 aliphatic rings. The lowest BCUT2D eigenvalue weighted by atomic mass is 10.1. The predicted octanol–water partition coefficient (Wildman–Crippen LogP) is 5.38. The minimum absolute atomic E-state index is 0.354. The molecule has 0 amide bonds. The highest BCUT2D eigenvalue weighted by Crippen LogP contribution is 2.36. The van der Waals surface area contributed by atoms with Crippen molar-refractivity contribution in [2.45, 2.75) is 20.8 Å². The molecule has 0 aliphatic carbocycles. The molecule has 1 aliphatic heterocycles. The van der Waals surface area contributed by atoms with Gasteiger partial charge >= 0.3 is 5.97 Å². The number of benzene rings is 2. The Balaban J connectivity index is 1.95. The summed E-state index contributed by atoms with van der Waals surface area (Å²) in [7, 11) is 0. The van der Waals surface area contributed by atoms with E-state index in [-0.39, 0.29) is 5.97 Å². The molecule has 0 spiro atoms. The highest BCUT2D eigenvalue weighted by atomic mass is 127. The molecule has 4 nitrogen and oxygen atoms in total. The van der Waals surface area contributed by atoms with Gasteiger partial charge in [-0.3, -0.25) is 0 Å². The van der Waals surface area contributed by atoms with Gasteiger partial charge in [-0.2, -0.15) is 0 Å². The van der Waals surface area contributed by atoms with E-state index in [2.05, 4.69) is 22.6 Å². The molecule has 0 fully saturated rings. The third-order valence-electron chi connectivity index (χ3n) is 4.00. The first-order valence-corrected chi connectivity index (χ1v) is 9.91. The molecule has 0 saturated heterocycles. The third-order valence-corrected chi connectivity index (χ3v) is 4.80. The molecule has 140 valence electrons. The minimum atomic E-state index is -0.354. The van der Waals surface area contributed by atoms with Crippen LogP contribution in [0.3, 0.4) is 0 Å². The molecule has 0 radical (unpaired) electrons. The van der Waals surface area contributed by atoms with E-state index < -0.39 is 0 Å². The number of cyclic esters (lactones) is 1. The van der Waals surface area contributed by atoms with Gasteiger partial charge in [0.05, 0.1) is 22.4 Å². The standard InChI is InChI=1S/C22H21IO4/c1-4-25-20-12-15(11-18(23)21(20)26-5-2)10-17-13-19(27-22(17)24)16-8-6-14(3)7-9-16/h6-13H,4-5H2,1-3H3. The Labute approximate surface area is 173 Å². The smallest absolute Gasteiger partial charge is 0.343 e. The topological polar surface area (TPSA) is 44.8 Å². The summed E-state index contributed by atoms with van der Waals surface area (Å²) in [5.41, 5.74) is 3.41. The lowest BCUT2D eigenvalue weighted by molar-refractivity contribution is -0.130. The van der Waals surface area contributed by atoms with Crippen molar-refractivity contribution in [2.24, 2.45) is 0 Å². The van der Waals surface area contributed by atoms with Crippen LogP contribution in [0.2, 0.25) is 0 Å². The summed E-state index contributed by atoms with van der Waals surface area (Å²) in [5, 5.41) is 0. The summed E-state index contributed by atoms with van der Waals surface area (Å²) in [4.78, 5) is 12.3. The van der Waals surface area contributed by atoms with Gasteiger partial charge in [-0.1, -0.05) is 29.8 Å². The Morgan fingerprint density at radius 1 is 1.07 bits per heavy atom. The molecule has 2 aromatic carbocycles. The average molecular weight is 476 g/mol. The fourth-order valence-electron chi connectivity index (χ4n) is 2.75. The first-order chi connectivity index (χ1) is 13.0. The zero-order chi connectivity index (χ0) is 19.4. The number of carbonyl (C=O) groups excluding carboxylic acids is 1. The first kappa shape index (κ1) is 19.5. The van der Waals surface area contributed by atoms with Gasteiger partial charge in [-0.15, -0.1) is 0 Å². The lowest BCUT2D eigenvalue weighted by Crippen LogP contribution is -2.01. The summed E-state index contributed by atoms with van der Waals surface area (Å²) in [6.07, 6.45) is 3.58. The van der Waals surface area contributed by atoms with E-state index in [9.17, 15) is 4.79 Å². The number of carbonyl (C=O) groups is 1. The average Bonchev–Trinajstić information content (AvgIpc) is 2.99. The number of hydrogen-bond acceptors (Lipinski definition) is 4. The van der Waals surface area contributed by atoms with Crippen molar-refractivity contribution in [1.82, 2.24) is 0 Å². The SMILES string of the molecule is CCOc1cc(C=C2C=C(c3ccc(C)cc3)OC2=O)cc(I)c1OCC. The van der Waals surface area contributed by atoms with Gasteiger partial charge < -0.3 is 14.2 Å². The zero-order valence-corrected chi connectivity index (χ0v) is 17.7. The largest absolute Gasteiger partial charge is 0.490 e. The van der Waals surface area contributed by atoms with Crippen molar-refractivity contribution in [3.8, 4) is 11.5 Å². The number of hydrogen-bond donors (Lipinski definition) is 0. The van der Waals surface area contributed by atoms with E-state index in [4.69, 9.17) is 14.2 Å². The van der Waals surface area contributed by atoms with Crippen LogP contribution in [0.1, 0.15) is 30.5 Å². The first-order valence-electron chi connectivity index (χ1n) is 8.83. The normalized spacial score (nSPS) is 14.9. The zero-order valence-electron chi connectivity index (χ0n) is 15.5. The molecule has 27 heavy (non-hydrogen) atoms. The van der Waals surface area contributed by atoms with Gasteiger partial charge in [0.2, 0.25) is 0 Å². The van der Waals surface area contributed by atoms with Gasteiger partial charge in [-0.05, 0) is 73.2 Å². The third kappa shape index (κ3) is 4.53. The van der Waals surface area contributed by atoms with Crippen LogP contribution in [0.4, 0.5) is 0 Å². The predicted molar refractivity (Wildman–Crippen MR) is 115 cm³/mol. The van der Waals surface area contributed by atoms with Crippen molar-refractivity contribution in [3.05, 3.63) is 68.3 Å². The Bertz CT molecular complexity index is 911. The van der Waals surface area contributed by atoms with Crippen LogP contribution in [-0.2, 0) is 9.53 Å². The minimum Gasteiger partial charge on any atom is -0.490 e. The summed E-state index contributed by atoms with van der Waals surface area (Å²) >= 11 is 2.22. The molecule has 0 saturated carbocycles. The van der Waals surface area contributed by atoms with Gasteiger partial charge in [0, 0.05) is 5.56 Å². The van der Waals surface area contributed by atoms with E-state index in [0.29, 0.717) is 30.3 Å². The molecular formula is C22H21IO4. The van der Waals surface area contributed by atoms with Crippen LogP contribution in [0, 0.1) is 10.5 Å². The number of aryl methyl sites for hydroxylation is 1. The Morgan fingerprint density at radius 3 is 2.44 bits per heavy atom. The van der Waals surface area contributed by atoms with Crippen molar-refractivity contribution in [3.63, 3.8) is 0 Å². The second kappa shape index (κ2) is 8.61. The number of rotatable bonds is 6. The van der Waals surface area contributed by atoms with Crippen molar-refractivity contribution in [1.29, 1.82) is 0 Å². The molecular weight excluding hydrogens is 455 g/mol. The quantitative estimate of drug-likeness (QED) is 0.319. The summed E-state index contributed by atoms with van der Waals surface area (Å²) in [5.74, 6) is 1.61. The van der Waals surface area contributed by atoms with Crippen LogP contribution >= 0.6 is 22.6 Å². The van der Waals surface area contributed by atoms with Gasteiger partial charge in [0.15, 0.2) is 11.5 Å². The highest BCUT2D eigenvalue weighted by molar-refractivity contribution is 14.1. The lowest BCUT2D eigenvalue weighted by Gasteiger charge is -2.13. The summed E-state index contributed by atoms with van der Waals surface area (Å²) < 4.78 is 17.8. The van der Waals surface area contributed by atoms with E-state index in [1.54, 1.807) is 6.08 Å². The fourth-order valence-corrected chi connectivity index (χ4v) is 3.53. The van der Waals surface area contributed by atoms with Crippen molar-refractivity contribution < 1.29 is 19.0 Å². The maximum atomic E-state index is 12.3. The van der Waals surface area contributed by atoms with Gasteiger partial charge in [-0.25, -0.2) is 4.79 Å².